The number of rotatable bonds is 6. The molecule has 1 aromatic heterocycles. The maximum atomic E-state index is 13.6. The molecule has 1 aliphatic rings. The van der Waals surface area contributed by atoms with Crippen molar-refractivity contribution >= 4 is 27.6 Å². The minimum absolute atomic E-state index is 0.177. The highest BCUT2D eigenvalue weighted by molar-refractivity contribution is 7.90. The SMILES string of the molecule is C[C@@H](OCc1ccccc1)C1C=Cc2c(cn(C)c2C(=O)Nc2ccc(F)c(C#N)c2)S(=N)(=O)N1. The van der Waals surface area contributed by atoms with Crippen molar-refractivity contribution in [1.29, 1.82) is 10.0 Å². The highest BCUT2D eigenvalue weighted by Crippen LogP contribution is 2.28. The molecule has 0 spiro atoms. The number of halogens is 1. The van der Waals surface area contributed by atoms with Gasteiger partial charge in [-0.2, -0.15) is 5.26 Å². The number of benzene rings is 2. The summed E-state index contributed by atoms with van der Waals surface area (Å²) in [5.41, 5.74) is 1.56. The van der Waals surface area contributed by atoms with Crippen molar-refractivity contribution < 1.29 is 18.1 Å². The molecule has 3 aromatic rings. The molecule has 0 aliphatic carbocycles. The van der Waals surface area contributed by atoms with Gasteiger partial charge >= 0.3 is 0 Å². The van der Waals surface area contributed by atoms with Gasteiger partial charge in [0.1, 0.15) is 27.5 Å². The van der Waals surface area contributed by atoms with E-state index >= 15 is 0 Å². The summed E-state index contributed by atoms with van der Waals surface area (Å²) < 4.78 is 45.8. The van der Waals surface area contributed by atoms with Gasteiger partial charge in [0.05, 0.1) is 29.2 Å². The van der Waals surface area contributed by atoms with Gasteiger partial charge in [0.2, 0.25) is 0 Å². The number of ether oxygens (including phenoxy) is 1. The van der Waals surface area contributed by atoms with Crippen LogP contribution < -0.4 is 10.0 Å². The average Bonchev–Trinajstić information content (AvgIpc) is 3.12. The topological polar surface area (TPSA) is 120 Å². The molecule has 1 aliphatic heterocycles. The van der Waals surface area contributed by atoms with Crippen LogP contribution in [0.1, 0.15) is 34.1 Å². The van der Waals surface area contributed by atoms with E-state index in [-0.39, 0.29) is 21.8 Å². The fraction of sp³-hybridized carbons (Fsp3) is 0.200. The minimum Gasteiger partial charge on any atom is -0.372 e. The van der Waals surface area contributed by atoms with Crippen molar-refractivity contribution in [2.75, 3.05) is 5.32 Å². The number of aromatic nitrogens is 1. The first-order valence-electron chi connectivity index (χ1n) is 10.8. The first-order valence-corrected chi connectivity index (χ1v) is 12.4. The molecule has 35 heavy (non-hydrogen) atoms. The summed E-state index contributed by atoms with van der Waals surface area (Å²) in [7, 11) is -1.85. The monoisotopic (exact) mass is 493 g/mol. The van der Waals surface area contributed by atoms with E-state index in [2.05, 4.69) is 10.0 Å². The number of nitriles is 1. The summed E-state index contributed by atoms with van der Waals surface area (Å²) in [6.45, 7) is 2.18. The average molecular weight is 494 g/mol. The number of hydrogen-bond acceptors (Lipinski definition) is 5. The van der Waals surface area contributed by atoms with Crippen LogP contribution in [-0.2, 0) is 28.3 Å². The van der Waals surface area contributed by atoms with Crippen LogP contribution in [0.15, 0.2) is 65.7 Å². The number of carbonyl (C=O) groups is 1. The molecule has 0 saturated heterocycles. The van der Waals surface area contributed by atoms with Crippen molar-refractivity contribution in [1.82, 2.24) is 9.29 Å². The Morgan fingerprint density at radius 2 is 2.09 bits per heavy atom. The van der Waals surface area contributed by atoms with E-state index < -0.39 is 33.8 Å². The summed E-state index contributed by atoms with van der Waals surface area (Å²) in [4.78, 5) is 13.3. The molecule has 0 saturated carbocycles. The molecule has 4 rings (SSSR count). The molecular weight excluding hydrogens is 469 g/mol. The van der Waals surface area contributed by atoms with E-state index in [0.717, 1.165) is 11.6 Å². The largest absolute Gasteiger partial charge is 0.372 e. The van der Waals surface area contributed by atoms with Crippen molar-refractivity contribution in [3.63, 3.8) is 0 Å². The van der Waals surface area contributed by atoms with Crippen LogP contribution in [0.2, 0.25) is 0 Å². The molecule has 10 heteroatoms. The second kappa shape index (κ2) is 9.84. The fourth-order valence-corrected chi connectivity index (χ4v) is 5.38. The summed E-state index contributed by atoms with van der Waals surface area (Å²) in [5.74, 6) is -1.23. The Morgan fingerprint density at radius 1 is 1.34 bits per heavy atom. The third kappa shape index (κ3) is 5.17. The van der Waals surface area contributed by atoms with Gasteiger partial charge in [0.15, 0.2) is 0 Å². The van der Waals surface area contributed by atoms with Gasteiger partial charge in [0.25, 0.3) is 5.91 Å². The number of hydrogen-bond donors (Lipinski definition) is 3. The maximum Gasteiger partial charge on any atom is 0.272 e. The lowest BCUT2D eigenvalue weighted by molar-refractivity contribution is 0.0425. The Balaban J connectivity index is 1.59. The Bertz CT molecular complexity index is 1440. The number of nitrogens with zero attached hydrogens (tertiary/aromatic N) is 2. The molecule has 2 unspecified atom stereocenters. The predicted molar refractivity (Wildman–Crippen MR) is 130 cm³/mol. The fourth-order valence-electron chi connectivity index (χ4n) is 3.82. The first-order chi connectivity index (χ1) is 16.7. The standard InChI is InChI=1S/C25H24FN5O3S/c1-16(34-15-17-6-4-3-5-7-17)22-11-9-20-23(35(28,33)30-22)14-31(2)24(20)25(32)29-19-8-10-21(26)18(12-19)13-27/h3-12,14,16,22H,15H2,1-2H3,(H,29,32)(H2,28,30,33)/t16-,22?,35?/m1/s1. The smallest absolute Gasteiger partial charge is 0.272 e. The Hall–Kier alpha value is -3.78. The number of nitrogens with one attached hydrogen (secondary N) is 3. The van der Waals surface area contributed by atoms with Crippen LogP contribution in [0.5, 0.6) is 0 Å². The summed E-state index contributed by atoms with van der Waals surface area (Å²) >= 11 is 0. The minimum atomic E-state index is -3.47. The zero-order valence-electron chi connectivity index (χ0n) is 19.1. The van der Waals surface area contributed by atoms with Gasteiger partial charge < -0.3 is 14.6 Å². The zero-order valence-corrected chi connectivity index (χ0v) is 19.9. The number of anilines is 1. The van der Waals surface area contributed by atoms with Crippen molar-refractivity contribution in [2.24, 2.45) is 7.05 Å². The van der Waals surface area contributed by atoms with E-state index in [1.54, 1.807) is 25.3 Å². The highest BCUT2D eigenvalue weighted by Gasteiger charge is 2.30. The molecule has 2 aromatic carbocycles. The lowest BCUT2D eigenvalue weighted by Gasteiger charge is -2.22. The normalized spacial score (nSPS) is 19.9. The van der Waals surface area contributed by atoms with Gasteiger partial charge in [-0.25, -0.2) is 18.1 Å². The number of carbonyl (C=O) groups excluding carboxylic acids is 1. The van der Waals surface area contributed by atoms with Crippen LogP contribution in [0, 0.1) is 21.9 Å². The number of fused-ring (bicyclic) bond motifs is 1. The van der Waals surface area contributed by atoms with E-state index in [9.17, 15) is 13.4 Å². The molecule has 3 atom stereocenters. The van der Waals surface area contributed by atoms with Gasteiger partial charge in [0, 0.05) is 24.5 Å². The summed E-state index contributed by atoms with van der Waals surface area (Å²) in [5, 5.41) is 11.7. The van der Waals surface area contributed by atoms with Gasteiger partial charge in [-0.1, -0.05) is 42.5 Å². The lowest BCUT2D eigenvalue weighted by atomic mass is 10.1. The second-order valence-corrected chi connectivity index (χ2v) is 9.98. The molecule has 0 bridgehead atoms. The zero-order chi connectivity index (χ0) is 25.2. The Morgan fingerprint density at radius 3 is 2.80 bits per heavy atom. The molecule has 0 fully saturated rings. The van der Waals surface area contributed by atoms with Gasteiger partial charge in [-0.15, -0.1) is 0 Å². The third-order valence-corrected chi connectivity index (χ3v) is 7.24. The highest BCUT2D eigenvalue weighted by atomic mass is 32.2. The molecule has 2 heterocycles. The molecule has 3 N–H and O–H groups in total. The lowest BCUT2D eigenvalue weighted by Crippen LogP contribution is -2.40. The number of aryl methyl sites for hydroxylation is 1. The van der Waals surface area contributed by atoms with Crippen molar-refractivity contribution in [3.8, 4) is 6.07 Å². The van der Waals surface area contributed by atoms with Crippen molar-refractivity contribution in [3.05, 3.63) is 89.0 Å². The van der Waals surface area contributed by atoms with E-state index in [0.29, 0.717) is 12.2 Å². The van der Waals surface area contributed by atoms with Crippen LogP contribution in [-0.4, -0.2) is 26.8 Å². The van der Waals surface area contributed by atoms with E-state index in [1.807, 2.05) is 37.3 Å². The van der Waals surface area contributed by atoms with E-state index in [4.69, 9.17) is 14.8 Å². The Labute approximate surface area is 203 Å². The quantitative estimate of drug-likeness (QED) is 0.477. The van der Waals surface area contributed by atoms with Crippen LogP contribution in [0.4, 0.5) is 10.1 Å². The maximum absolute atomic E-state index is 13.6. The summed E-state index contributed by atoms with van der Waals surface area (Å²) in [6, 6.07) is 14.5. The number of amides is 1. The van der Waals surface area contributed by atoms with Gasteiger partial charge in [-0.05, 0) is 30.7 Å². The second-order valence-electron chi connectivity index (χ2n) is 8.19. The molecule has 1 amide bonds. The predicted octanol–water partition coefficient (Wildman–Crippen LogP) is 4.20. The molecule has 8 nitrogen and oxygen atoms in total. The first kappa shape index (κ1) is 24.3. The summed E-state index contributed by atoms with van der Waals surface area (Å²) in [6.07, 6.45) is 4.48. The third-order valence-electron chi connectivity index (χ3n) is 5.69. The van der Waals surface area contributed by atoms with Crippen LogP contribution in [0.3, 0.4) is 0 Å². The van der Waals surface area contributed by atoms with Crippen LogP contribution >= 0.6 is 0 Å². The van der Waals surface area contributed by atoms with Gasteiger partial charge in [-0.3, -0.25) is 4.79 Å². The van der Waals surface area contributed by atoms with Crippen LogP contribution in [0.25, 0.3) is 6.08 Å². The van der Waals surface area contributed by atoms with Crippen molar-refractivity contribution in [2.45, 2.75) is 30.6 Å². The molecular formula is C25H24FN5O3S. The molecule has 0 radical (unpaired) electrons. The van der Waals surface area contributed by atoms with E-state index in [1.165, 1.54) is 22.9 Å². The Kier molecular flexibility index (Phi) is 6.84. The molecule has 180 valence electrons.